The summed E-state index contributed by atoms with van der Waals surface area (Å²) in [5.74, 6) is 1.79. The van der Waals surface area contributed by atoms with E-state index in [2.05, 4.69) is 73.8 Å². The monoisotopic (exact) mass is 365 g/mol. The SMILES string of the molecule is [C-]#[N+]Cc1cc2c3c([n+](C)ccc3c1)-c1c(c(C)c3cc(C)ccc3c1C)O2. The molecule has 0 saturated carbocycles. The Hall–Kier alpha value is -3.38. The van der Waals surface area contributed by atoms with Crippen molar-refractivity contribution in [2.45, 2.75) is 27.3 Å². The van der Waals surface area contributed by atoms with Crippen molar-refractivity contribution >= 4 is 21.5 Å². The lowest BCUT2D eigenvalue weighted by atomic mass is 9.88. The van der Waals surface area contributed by atoms with Crippen molar-refractivity contribution in [3.05, 3.63) is 76.3 Å². The van der Waals surface area contributed by atoms with Crippen LogP contribution < -0.4 is 9.30 Å². The van der Waals surface area contributed by atoms with E-state index in [1.807, 2.05) is 6.07 Å². The molecule has 0 radical (unpaired) electrons. The summed E-state index contributed by atoms with van der Waals surface area (Å²) < 4.78 is 8.72. The molecular formula is C25H21N2O+. The van der Waals surface area contributed by atoms with Crippen LogP contribution in [0.2, 0.25) is 0 Å². The highest BCUT2D eigenvalue weighted by Gasteiger charge is 2.32. The van der Waals surface area contributed by atoms with Gasteiger partial charge in [0.25, 0.3) is 0 Å². The van der Waals surface area contributed by atoms with Crippen LogP contribution in [-0.4, -0.2) is 0 Å². The van der Waals surface area contributed by atoms with Gasteiger partial charge in [0.15, 0.2) is 6.20 Å². The van der Waals surface area contributed by atoms with E-state index < -0.39 is 0 Å². The zero-order valence-corrected chi connectivity index (χ0v) is 16.6. The molecule has 0 bridgehead atoms. The molecule has 3 aromatic carbocycles. The zero-order chi connectivity index (χ0) is 19.6. The van der Waals surface area contributed by atoms with Crippen molar-refractivity contribution < 1.29 is 9.30 Å². The van der Waals surface area contributed by atoms with Crippen molar-refractivity contribution in [3.63, 3.8) is 0 Å². The van der Waals surface area contributed by atoms with Crippen LogP contribution in [0.5, 0.6) is 11.5 Å². The minimum absolute atomic E-state index is 0.366. The second-order valence-electron chi connectivity index (χ2n) is 7.75. The highest BCUT2D eigenvalue weighted by atomic mass is 16.5. The molecule has 28 heavy (non-hydrogen) atoms. The molecule has 4 aromatic rings. The van der Waals surface area contributed by atoms with Gasteiger partial charge in [-0.1, -0.05) is 23.8 Å². The predicted molar refractivity (Wildman–Crippen MR) is 113 cm³/mol. The Balaban J connectivity index is 1.96. The van der Waals surface area contributed by atoms with Crippen molar-refractivity contribution in [1.82, 2.24) is 0 Å². The highest BCUT2D eigenvalue weighted by Crippen LogP contribution is 2.50. The van der Waals surface area contributed by atoms with Crippen molar-refractivity contribution in [2.24, 2.45) is 7.05 Å². The van der Waals surface area contributed by atoms with Crippen LogP contribution in [0.15, 0.2) is 42.6 Å². The summed E-state index contributed by atoms with van der Waals surface area (Å²) in [5, 5.41) is 4.76. The van der Waals surface area contributed by atoms with Gasteiger partial charge in [-0.3, -0.25) is 0 Å². The molecule has 1 aromatic heterocycles. The average molecular weight is 365 g/mol. The maximum absolute atomic E-state index is 7.24. The van der Waals surface area contributed by atoms with Gasteiger partial charge in [0.1, 0.15) is 18.5 Å². The lowest BCUT2D eigenvalue weighted by molar-refractivity contribution is -0.659. The number of fused-ring (bicyclic) bond motifs is 3. The van der Waals surface area contributed by atoms with Crippen LogP contribution in [0.4, 0.5) is 0 Å². The van der Waals surface area contributed by atoms with Crippen LogP contribution >= 0.6 is 0 Å². The van der Waals surface area contributed by atoms with E-state index in [4.69, 9.17) is 11.3 Å². The fourth-order valence-electron chi connectivity index (χ4n) is 4.52. The fourth-order valence-corrected chi connectivity index (χ4v) is 4.52. The summed E-state index contributed by atoms with van der Waals surface area (Å²) in [4.78, 5) is 3.56. The topological polar surface area (TPSA) is 17.5 Å². The number of aryl methyl sites for hydroxylation is 4. The molecule has 0 spiro atoms. The Bertz CT molecular complexity index is 1360. The molecular weight excluding hydrogens is 344 g/mol. The molecule has 0 N–H and O–H groups in total. The van der Waals surface area contributed by atoms with Crippen LogP contribution in [0.1, 0.15) is 22.3 Å². The van der Waals surface area contributed by atoms with Crippen LogP contribution in [0.3, 0.4) is 0 Å². The molecule has 5 rings (SSSR count). The number of nitrogens with zero attached hydrogens (tertiary/aromatic N) is 2. The quantitative estimate of drug-likeness (QED) is 0.266. The Labute approximate surface area is 164 Å². The third kappa shape index (κ3) is 2.18. The van der Waals surface area contributed by atoms with Gasteiger partial charge in [-0.05, 0) is 54.6 Å². The third-order valence-electron chi connectivity index (χ3n) is 5.90. The van der Waals surface area contributed by atoms with Crippen LogP contribution in [0, 0.1) is 27.3 Å². The first-order valence-electron chi connectivity index (χ1n) is 9.50. The molecule has 0 aliphatic carbocycles. The van der Waals surface area contributed by atoms with E-state index in [-0.39, 0.29) is 0 Å². The number of hydrogen-bond donors (Lipinski definition) is 0. The lowest BCUT2D eigenvalue weighted by Gasteiger charge is -2.24. The molecule has 0 unspecified atom stereocenters. The Kier molecular flexibility index (Phi) is 3.48. The maximum atomic E-state index is 7.24. The van der Waals surface area contributed by atoms with Crippen molar-refractivity contribution in [3.8, 4) is 22.8 Å². The summed E-state index contributed by atoms with van der Waals surface area (Å²) in [6, 6.07) is 12.9. The van der Waals surface area contributed by atoms with E-state index >= 15 is 0 Å². The number of benzene rings is 3. The van der Waals surface area contributed by atoms with Gasteiger partial charge in [0, 0.05) is 17.2 Å². The number of ether oxygens (including phenoxy) is 1. The normalized spacial score (nSPS) is 12.0. The number of rotatable bonds is 1. The summed E-state index contributed by atoms with van der Waals surface area (Å²) in [5.41, 5.74) is 7.01. The first-order valence-corrected chi connectivity index (χ1v) is 9.50. The van der Waals surface area contributed by atoms with Gasteiger partial charge < -0.3 is 9.58 Å². The largest absolute Gasteiger partial charge is 0.455 e. The van der Waals surface area contributed by atoms with Gasteiger partial charge in [-0.25, -0.2) is 11.1 Å². The van der Waals surface area contributed by atoms with E-state index in [0.717, 1.165) is 33.4 Å². The molecule has 0 atom stereocenters. The molecule has 0 amide bonds. The second kappa shape index (κ2) is 5.81. The smallest absolute Gasteiger partial charge is 0.239 e. The number of pyridine rings is 1. The highest BCUT2D eigenvalue weighted by molar-refractivity contribution is 6.06. The van der Waals surface area contributed by atoms with Gasteiger partial charge in [0.2, 0.25) is 12.2 Å². The average Bonchev–Trinajstić information content (AvgIpc) is 2.68. The minimum Gasteiger partial charge on any atom is -0.455 e. The number of aromatic nitrogens is 1. The van der Waals surface area contributed by atoms with E-state index in [1.165, 1.54) is 33.2 Å². The van der Waals surface area contributed by atoms with Crippen LogP contribution in [-0.2, 0) is 13.6 Å². The number of hydrogen-bond acceptors (Lipinski definition) is 1. The fraction of sp³-hybridized carbons (Fsp3) is 0.200. The third-order valence-corrected chi connectivity index (χ3v) is 5.90. The maximum Gasteiger partial charge on any atom is 0.239 e. The molecule has 1 aliphatic heterocycles. The molecule has 136 valence electrons. The van der Waals surface area contributed by atoms with Crippen molar-refractivity contribution in [1.29, 1.82) is 0 Å². The van der Waals surface area contributed by atoms with Gasteiger partial charge >= 0.3 is 0 Å². The summed E-state index contributed by atoms with van der Waals surface area (Å²) in [6.45, 7) is 14.1. The molecule has 0 fully saturated rings. The Morgan fingerprint density at radius 1 is 1.00 bits per heavy atom. The van der Waals surface area contributed by atoms with Gasteiger partial charge in [-0.15, -0.1) is 0 Å². The molecule has 2 heterocycles. The van der Waals surface area contributed by atoms with E-state index in [9.17, 15) is 0 Å². The first-order chi connectivity index (χ1) is 13.5. The summed E-state index contributed by atoms with van der Waals surface area (Å²) in [6.07, 6.45) is 2.10. The molecule has 3 nitrogen and oxygen atoms in total. The minimum atomic E-state index is 0.366. The van der Waals surface area contributed by atoms with E-state index in [1.54, 1.807) is 0 Å². The predicted octanol–water partition coefficient (Wildman–Crippen LogP) is 5.93. The standard InChI is InChI=1S/C25H21N2O/c1-14-6-7-19-15(2)22-24-23-18(8-9-27(24)5)11-17(13-26-4)12-21(23)28-25(22)16(3)20(19)10-14/h6-12H,13H2,1-3,5H3/q+1. The molecule has 3 heteroatoms. The Morgan fingerprint density at radius 3 is 2.61 bits per heavy atom. The Morgan fingerprint density at radius 2 is 1.82 bits per heavy atom. The first kappa shape index (κ1) is 16.8. The molecule has 1 aliphatic rings. The van der Waals surface area contributed by atoms with Gasteiger partial charge in [-0.2, -0.15) is 0 Å². The lowest BCUT2D eigenvalue weighted by Crippen LogP contribution is -2.32. The van der Waals surface area contributed by atoms with Gasteiger partial charge in [0.05, 0.1) is 10.9 Å². The molecule has 0 saturated heterocycles. The second-order valence-corrected chi connectivity index (χ2v) is 7.75. The summed E-state index contributed by atoms with van der Waals surface area (Å²) in [7, 11) is 2.09. The summed E-state index contributed by atoms with van der Waals surface area (Å²) >= 11 is 0. The van der Waals surface area contributed by atoms with Crippen molar-refractivity contribution in [2.75, 3.05) is 0 Å². The van der Waals surface area contributed by atoms with Crippen LogP contribution in [0.25, 0.3) is 37.6 Å². The van der Waals surface area contributed by atoms with E-state index in [0.29, 0.717) is 6.54 Å². The zero-order valence-electron chi connectivity index (χ0n) is 16.6.